The number of rotatable bonds is 5. The molecule has 0 aliphatic rings. The number of hydrogen-bond acceptors (Lipinski definition) is 4. The van der Waals surface area contributed by atoms with Crippen LogP contribution in [0.1, 0.15) is 21.7 Å². The lowest BCUT2D eigenvalue weighted by molar-refractivity contribution is 0.0946. The van der Waals surface area contributed by atoms with E-state index in [1.807, 2.05) is 48.3 Å². The zero-order valence-electron chi connectivity index (χ0n) is 12.5. The van der Waals surface area contributed by atoms with Crippen molar-refractivity contribution in [3.63, 3.8) is 0 Å². The normalized spacial score (nSPS) is 10.8. The van der Waals surface area contributed by atoms with Crippen molar-refractivity contribution in [2.45, 2.75) is 20.4 Å². The summed E-state index contributed by atoms with van der Waals surface area (Å²) in [5.74, 6) is -0.166. The topological polar surface area (TPSA) is 75.6 Å². The van der Waals surface area contributed by atoms with Crippen LogP contribution in [-0.2, 0) is 6.54 Å². The molecule has 0 saturated heterocycles. The van der Waals surface area contributed by atoms with Gasteiger partial charge in [0, 0.05) is 18.3 Å². The molecule has 3 rings (SSSR count). The van der Waals surface area contributed by atoms with E-state index in [4.69, 9.17) is 0 Å². The number of carbonyl (C=O) groups excluding carboxylic acids is 1. The predicted octanol–water partition coefficient (Wildman–Crippen LogP) is 2.38. The van der Waals surface area contributed by atoms with Crippen LogP contribution >= 0.6 is 11.3 Å². The molecule has 114 valence electrons. The molecule has 22 heavy (non-hydrogen) atoms. The molecule has 0 aliphatic carbocycles. The Hall–Kier alpha value is -2.41. The first-order chi connectivity index (χ1) is 10.6. The van der Waals surface area contributed by atoms with Crippen molar-refractivity contribution in [2.24, 2.45) is 0 Å². The average Bonchev–Trinajstić information content (AvgIpc) is 3.20. The minimum absolute atomic E-state index is 0.166. The SMILES string of the molecule is Cc1ccn(CCNC(=O)c2n[nH]c(-c3cccs3)c2C)n1. The number of thiophene rings is 1. The molecule has 0 saturated carbocycles. The Morgan fingerprint density at radius 1 is 1.41 bits per heavy atom. The molecule has 3 aromatic rings. The summed E-state index contributed by atoms with van der Waals surface area (Å²) in [6.45, 7) is 5.00. The zero-order chi connectivity index (χ0) is 15.5. The molecule has 6 nitrogen and oxygen atoms in total. The summed E-state index contributed by atoms with van der Waals surface area (Å²) in [5, 5.41) is 16.3. The Morgan fingerprint density at radius 3 is 2.95 bits per heavy atom. The van der Waals surface area contributed by atoms with E-state index in [1.54, 1.807) is 11.3 Å². The van der Waals surface area contributed by atoms with Crippen LogP contribution in [0.5, 0.6) is 0 Å². The van der Waals surface area contributed by atoms with Gasteiger partial charge in [-0.05, 0) is 31.4 Å². The molecule has 7 heteroatoms. The van der Waals surface area contributed by atoms with Crippen LogP contribution in [0, 0.1) is 13.8 Å². The number of aryl methyl sites for hydroxylation is 1. The first-order valence-electron chi connectivity index (χ1n) is 7.02. The molecule has 2 N–H and O–H groups in total. The second kappa shape index (κ2) is 6.15. The number of H-pyrrole nitrogens is 1. The third-order valence-corrected chi connectivity index (χ3v) is 4.28. The molecule has 0 aliphatic heterocycles. The fourth-order valence-electron chi connectivity index (χ4n) is 2.24. The van der Waals surface area contributed by atoms with Crippen LogP contribution in [0.3, 0.4) is 0 Å². The zero-order valence-corrected chi connectivity index (χ0v) is 13.3. The number of nitrogens with zero attached hydrogens (tertiary/aromatic N) is 3. The smallest absolute Gasteiger partial charge is 0.272 e. The number of aromatic nitrogens is 4. The molecule has 0 unspecified atom stereocenters. The number of aromatic amines is 1. The van der Waals surface area contributed by atoms with E-state index in [0.717, 1.165) is 21.8 Å². The van der Waals surface area contributed by atoms with Gasteiger partial charge in [-0.3, -0.25) is 14.6 Å². The first kappa shape index (κ1) is 14.5. The van der Waals surface area contributed by atoms with Gasteiger partial charge in [0.2, 0.25) is 0 Å². The predicted molar refractivity (Wildman–Crippen MR) is 85.9 cm³/mol. The van der Waals surface area contributed by atoms with Gasteiger partial charge in [-0.25, -0.2) is 0 Å². The Balaban J connectivity index is 1.63. The van der Waals surface area contributed by atoms with Crippen LogP contribution < -0.4 is 5.32 Å². The van der Waals surface area contributed by atoms with Crippen LogP contribution in [0.2, 0.25) is 0 Å². The highest BCUT2D eigenvalue weighted by molar-refractivity contribution is 7.13. The van der Waals surface area contributed by atoms with E-state index in [1.165, 1.54) is 0 Å². The van der Waals surface area contributed by atoms with Gasteiger partial charge in [0.25, 0.3) is 5.91 Å². The Morgan fingerprint density at radius 2 is 2.27 bits per heavy atom. The minimum Gasteiger partial charge on any atom is -0.349 e. The summed E-state index contributed by atoms with van der Waals surface area (Å²) in [6, 6.07) is 5.92. The monoisotopic (exact) mass is 315 g/mol. The molecule has 0 spiro atoms. The van der Waals surface area contributed by atoms with Crippen LogP contribution in [0.15, 0.2) is 29.8 Å². The fourth-order valence-corrected chi connectivity index (χ4v) is 3.01. The summed E-state index contributed by atoms with van der Waals surface area (Å²) in [5.41, 5.74) is 3.19. The number of hydrogen-bond donors (Lipinski definition) is 2. The van der Waals surface area contributed by atoms with Gasteiger partial charge in [-0.15, -0.1) is 11.3 Å². The summed E-state index contributed by atoms with van der Waals surface area (Å²) in [6.07, 6.45) is 1.90. The summed E-state index contributed by atoms with van der Waals surface area (Å²) < 4.78 is 1.81. The highest BCUT2D eigenvalue weighted by Crippen LogP contribution is 2.27. The molecule has 0 bridgehead atoms. The minimum atomic E-state index is -0.166. The highest BCUT2D eigenvalue weighted by atomic mass is 32.1. The van der Waals surface area contributed by atoms with E-state index in [0.29, 0.717) is 18.8 Å². The van der Waals surface area contributed by atoms with Crippen molar-refractivity contribution in [3.8, 4) is 10.6 Å². The van der Waals surface area contributed by atoms with E-state index in [-0.39, 0.29) is 5.91 Å². The van der Waals surface area contributed by atoms with Gasteiger partial charge in [-0.1, -0.05) is 6.07 Å². The van der Waals surface area contributed by atoms with E-state index in [9.17, 15) is 4.79 Å². The van der Waals surface area contributed by atoms with Gasteiger partial charge in [0.1, 0.15) is 0 Å². The van der Waals surface area contributed by atoms with Crippen LogP contribution in [0.4, 0.5) is 0 Å². The van der Waals surface area contributed by atoms with E-state index >= 15 is 0 Å². The van der Waals surface area contributed by atoms with Crippen molar-refractivity contribution in [2.75, 3.05) is 6.54 Å². The second-order valence-electron chi connectivity index (χ2n) is 5.03. The number of amides is 1. The van der Waals surface area contributed by atoms with Gasteiger partial charge in [0.15, 0.2) is 5.69 Å². The van der Waals surface area contributed by atoms with Crippen LogP contribution in [-0.4, -0.2) is 32.4 Å². The Bertz CT molecular complexity index is 772. The third kappa shape index (κ3) is 2.94. The Kier molecular flexibility index (Phi) is 4.06. The highest BCUT2D eigenvalue weighted by Gasteiger charge is 2.17. The molecular formula is C15H17N5OS. The summed E-state index contributed by atoms with van der Waals surface area (Å²) >= 11 is 1.62. The van der Waals surface area contributed by atoms with E-state index in [2.05, 4.69) is 20.6 Å². The van der Waals surface area contributed by atoms with Crippen LogP contribution in [0.25, 0.3) is 10.6 Å². The lowest BCUT2D eigenvalue weighted by atomic mass is 10.2. The maximum Gasteiger partial charge on any atom is 0.272 e. The molecule has 0 radical (unpaired) electrons. The third-order valence-electron chi connectivity index (χ3n) is 3.39. The molecule has 1 amide bonds. The molecule has 3 heterocycles. The Labute approximate surface area is 132 Å². The van der Waals surface area contributed by atoms with Crippen molar-refractivity contribution in [1.29, 1.82) is 0 Å². The summed E-state index contributed by atoms with van der Waals surface area (Å²) in [7, 11) is 0. The van der Waals surface area contributed by atoms with Gasteiger partial charge in [-0.2, -0.15) is 10.2 Å². The lowest BCUT2D eigenvalue weighted by Gasteiger charge is -2.04. The largest absolute Gasteiger partial charge is 0.349 e. The number of carbonyl (C=O) groups is 1. The van der Waals surface area contributed by atoms with Gasteiger partial charge in [0.05, 0.1) is 22.8 Å². The molecule has 0 atom stereocenters. The molecular weight excluding hydrogens is 298 g/mol. The van der Waals surface area contributed by atoms with Crippen molar-refractivity contribution in [3.05, 3.63) is 46.7 Å². The molecule has 3 aromatic heterocycles. The van der Waals surface area contributed by atoms with Gasteiger partial charge >= 0.3 is 0 Å². The van der Waals surface area contributed by atoms with Crippen molar-refractivity contribution < 1.29 is 4.79 Å². The fraction of sp³-hybridized carbons (Fsp3) is 0.267. The quantitative estimate of drug-likeness (QED) is 0.759. The van der Waals surface area contributed by atoms with Crippen molar-refractivity contribution >= 4 is 17.2 Å². The van der Waals surface area contributed by atoms with E-state index < -0.39 is 0 Å². The average molecular weight is 315 g/mol. The standard InChI is InChI=1S/C15H17N5OS/c1-10-5-7-20(19-10)8-6-16-15(21)14-11(2)13(17-18-14)12-4-3-9-22-12/h3-5,7,9H,6,8H2,1-2H3,(H,16,21)(H,17,18). The first-order valence-corrected chi connectivity index (χ1v) is 7.90. The van der Waals surface area contributed by atoms with Gasteiger partial charge < -0.3 is 5.32 Å². The second-order valence-corrected chi connectivity index (χ2v) is 5.97. The molecule has 0 fully saturated rings. The van der Waals surface area contributed by atoms with Crippen molar-refractivity contribution in [1.82, 2.24) is 25.3 Å². The molecule has 0 aromatic carbocycles. The maximum atomic E-state index is 12.2. The lowest BCUT2D eigenvalue weighted by Crippen LogP contribution is -2.28. The number of nitrogens with one attached hydrogen (secondary N) is 2. The summed E-state index contributed by atoms with van der Waals surface area (Å²) in [4.78, 5) is 13.3. The maximum absolute atomic E-state index is 12.2.